The topological polar surface area (TPSA) is 64.2 Å². The van der Waals surface area contributed by atoms with Crippen LogP contribution in [0.25, 0.3) is 0 Å². The van der Waals surface area contributed by atoms with E-state index in [1.807, 2.05) is 6.07 Å². The molecule has 0 spiro atoms. The maximum Gasteiger partial charge on any atom is 0.253 e. The first-order valence-electron chi connectivity index (χ1n) is 10.8. The van der Waals surface area contributed by atoms with Gasteiger partial charge in [-0.25, -0.2) is 0 Å². The summed E-state index contributed by atoms with van der Waals surface area (Å²) >= 11 is 5.24. The van der Waals surface area contributed by atoms with E-state index in [2.05, 4.69) is 10.6 Å². The second kappa shape index (κ2) is 11.4. The van der Waals surface area contributed by atoms with Crippen molar-refractivity contribution in [1.82, 2.24) is 10.6 Å². The van der Waals surface area contributed by atoms with Crippen LogP contribution in [0.2, 0.25) is 5.02 Å². The predicted octanol–water partition coefficient (Wildman–Crippen LogP) is 5.04. The third-order valence-corrected chi connectivity index (χ3v) is 9.11. The second-order valence-electron chi connectivity index (χ2n) is 8.93. The lowest BCUT2D eigenvalue weighted by molar-refractivity contribution is 0.0681. The Morgan fingerprint density at radius 1 is 1.20 bits per heavy atom. The molecule has 1 atom stereocenters. The molecule has 1 saturated heterocycles. The SMILES string of the molecule is Cl.O=C(NCC12CCCC(CCC1)C2)c1cc([S+]([O-])C2CCNCC2)ccc1Cl.[CH2]. The van der Waals surface area contributed by atoms with Crippen molar-refractivity contribution in [2.24, 2.45) is 11.3 Å². The van der Waals surface area contributed by atoms with Crippen molar-refractivity contribution >= 4 is 41.1 Å². The molecule has 168 valence electrons. The molecule has 1 aliphatic heterocycles. The minimum atomic E-state index is -1.10. The Morgan fingerprint density at radius 2 is 1.87 bits per heavy atom. The zero-order valence-electron chi connectivity index (χ0n) is 17.6. The van der Waals surface area contributed by atoms with Crippen LogP contribution >= 0.6 is 24.0 Å². The number of nitrogens with one attached hydrogen (secondary N) is 2. The molecular formula is C23H34Cl2N2O2S. The fourth-order valence-electron chi connectivity index (χ4n) is 5.44. The third-order valence-electron chi connectivity index (χ3n) is 6.99. The molecule has 3 fully saturated rings. The summed E-state index contributed by atoms with van der Waals surface area (Å²) in [4.78, 5) is 13.6. The average molecular weight is 474 g/mol. The van der Waals surface area contributed by atoms with Crippen LogP contribution in [-0.2, 0) is 11.2 Å². The van der Waals surface area contributed by atoms with Gasteiger partial charge in [-0.1, -0.05) is 44.7 Å². The van der Waals surface area contributed by atoms with Crippen LogP contribution < -0.4 is 10.6 Å². The standard InChI is InChI=1S/C22H31ClN2O2S.CH2.ClH/c23-20-6-5-18(28(27)17-7-11-24-12-8-17)13-19(20)21(26)25-15-22-9-1-3-16(14-22)4-2-10-22;;/h5-6,13,16-17,24H,1-4,7-12,14-15H2,(H,25,26);1H2;1H. The minimum absolute atomic E-state index is 0. The molecule has 30 heavy (non-hydrogen) atoms. The summed E-state index contributed by atoms with van der Waals surface area (Å²) in [5.41, 5.74) is 0.736. The number of halogens is 2. The molecule has 4 nitrogen and oxygen atoms in total. The van der Waals surface area contributed by atoms with Gasteiger partial charge in [-0.3, -0.25) is 4.79 Å². The number of rotatable bonds is 5. The lowest BCUT2D eigenvalue weighted by Gasteiger charge is -2.45. The number of amides is 1. The van der Waals surface area contributed by atoms with Crippen LogP contribution in [0.15, 0.2) is 23.1 Å². The van der Waals surface area contributed by atoms with E-state index in [0.717, 1.165) is 43.3 Å². The molecule has 1 unspecified atom stereocenters. The van der Waals surface area contributed by atoms with E-state index < -0.39 is 11.2 Å². The van der Waals surface area contributed by atoms with Gasteiger partial charge in [-0.15, -0.1) is 12.4 Å². The van der Waals surface area contributed by atoms with Crippen molar-refractivity contribution in [3.8, 4) is 0 Å². The Hall–Kier alpha value is -0.460. The van der Waals surface area contributed by atoms with E-state index in [0.29, 0.717) is 10.6 Å². The zero-order valence-corrected chi connectivity index (χ0v) is 20.0. The van der Waals surface area contributed by atoms with Gasteiger partial charge >= 0.3 is 0 Å². The number of benzene rings is 1. The van der Waals surface area contributed by atoms with Crippen molar-refractivity contribution in [1.29, 1.82) is 0 Å². The zero-order chi connectivity index (χ0) is 19.6. The smallest absolute Gasteiger partial charge is 0.253 e. The first kappa shape index (κ1) is 25.8. The normalized spacial score (nSPS) is 27.3. The van der Waals surface area contributed by atoms with Gasteiger partial charge in [0.2, 0.25) is 0 Å². The van der Waals surface area contributed by atoms with Crippen LogP contribution in [0.1, 0.15) is 68.1 Å². The first-order valence-corrected chi connectivity index (χ1v) is 12.3. The average Bonchev–Trinajstić information content (AvgIpc) is 2.73. The van der Waals surface area contributed by atoms with Crippen molar-refractivity contribution in [2.45, 2.75) is 67.9 Å². The lowest BCUT2D eigenvalue weighted by Crippen LogP contribution is -2.43. The number of fused-ring (bicyclic) bond motifs is 2. The molecular weight excluding hydrogens is 439 g/mol. The van der Waals surface area contributed by atoms with E-state index >= 15 is 0 Å². The van der Waals surface area contributed by atoms with Crippen LogP contribution in [0.5, 0.6) is 0 Å². The quantitative estimate of drug-likeness (QED) is 0.589. The van der Waals surface area contributed by atoms with E-state index in [1.54, 1.807) is 12.1 Å². The molecule has 1 heterocycles. The lowest BCUT2D eigenvalue weighted by atomic mass is 9.62. The highest BCUT2D eigenvalue weighted by Gasteiger charge is 2.39. The molecule has 2 bridgehead atoms. The molecule has 3 aliphatic rings. The molecule has 4 rings (SSSR count). The molecule has 1 aromatic carbocycles. The van der Waals surface area contributed by atoms with E-state index in [-0.39, 0.29) is 36.4 Å². The summed E-state index contributed by atoms with van der Waals surface area (Å²) in [6.45, 7) is 2.54. The molecule has 2 radical (unpaired) electrons. The van der Waals surface area contributed by atoms with Crippen molar-refractivity contribution in [3.63, 3.8) is 0 Å². The molecule has 0 aromatic heterocycles. The fourth-order valence-corrected chi connectivity index (χ4v) is 7.13. The molecule has 1 amide bonds. The van der Waals surface area contributed by atoms with Gasteiger partial charge in [-0.2, -0.15) is 0 Å². The predicted molar refractivity (Wildman–Crippen MR) is 127 cm³/mol. The van der Waals surface area contributed by atoms with Crippen molar-refractivity contribution in [2.75, 3.05) is 19.6 Å². The first-order chi connectivity index (χ1) is 13.6. The van der Waals surface area contributed by atoms with Crippen LogP contribution in [0, 0.1) is 18.8 Å². The van der Waals surface area contributed by atoms with Gasteiger partial charge < -0.3 is 15.2 Å². The molecule has 2 N–H and O–H groups in total. The van der Waals surface area contributed by atoms with E-state index in [4.69, 9.17) is 11.6 Å². The molecule has 2 saturated carbocycles. The van der Waals surface area contributed by atoms with Gasteiger partial charge in [0, 0.05) is 25.5 Å². The fraction of sp³-hybridized carbons (Fsp3) is 0.652. The highest BCUT2D eigenvalue weighted by molar-refractivity contribution is 7.92. The Balaban J connectivity index is 0.00000160. The maximum atomic E-state index is 12.9. The van der Waals surface area contributed by atoms with Crippen LogP contribution in [-0.4, -0.2) is 35.3 Å². The minimum Gasteiger partial charge on any atom is -0.611 e. The maximum absolute atomic E-state index is 12.9. The Kier molecular flexibility index (Phi) is 9.82. The van der Waals surface area contributed by atoms with Crippen LogP contribution in [0.4, 0.5) is 0 Å². The number of carbonyl (C=O) groups excluding carboxylic acids is 1. The molecule has 1 aromatic rings. The molecule has 7 heteroatoms. The summed E-state index contributed by atoms with van der Waals surface area (Å²) in [6.07, 6.45) is 10.8. The molecule has 2 aliphatic carbocycles. The third kappa shape index (κ3) is 5.86. The summed E-state index contributed by atoms with van der Waals surface area (Å²) in [5, 5.41) is 7.06. The monoisotopic (exact) mass is 472 g/mol. The van der Waals surface area contributed by atoms with Gasteiger partial charge in [0.05, 0.1) is 10.6 Å². The number of carbonyl (C=O) groups is 1. The number of hydrogen-bond acceptors (Lipinski definition) is 3. The van der Waals surface area contributed by atoms with Gasteiger partial charge in [-0.05, 0) is 67.0 Å². The number of hydrogen-bond donors (Lipinski definition) is 2. The van der Waals surface area contributed by atoms with Gasteiger partial charge in [0.15, 0.2) is 4.90 Å². The largest absolute Gasteiger partial charge is 0.611 e. The second-order valence-corrected chi connectivity index (χ2v) is 11.1. The summed E-state index contributed by atoms with van der Waals surface area (Å²) in [7, 11) is 0. The van der Waals surface area contributed by atoms with Crippen molar-refractivity contribution in [3.05, 3.63) is 36.2 Å². The highest BCUT2D eigenvalue weighted by atomic mass is 35.5. The van der Waals surface area contributed by atoms with Crippen LogP contribution in [0.3, 0.4) is 0 Å². The van der Waals surface area contributed by atoms with Crippen molar-refractivity contribution < 1.29 is 9.35 Å². The Morgan fingerprint density at radius 3 is 2.53 bits per heavy atom. The summed E-state index contributed by atoms with van der Waals surface area (Å²) < 4.78 is 12.9. The summed E-state index contributed by atoms with van der Waals surface area (Å²) in [5.74, 6) is 0.718. The highest BCUT2D eigenvalue weighted by Crippen LogP contribution is 2.48. The van der Waals surface area contributed by atoms with E-state index in [1.165, 1.54) is 44.9 Å². The Bertz CT molecular complexity index is 702. The van der Waals surface area contributed by atoms with Gasteiger partial charge in [0.25, 0.3) is 5.91 Å². The van der Waals surface area contributed by atoms with Gasteiger partial charge in [0.1, 0.15) is 5.25 Å². The number of piperidine rings is 1. The van der Waals surface area contributed by atoms with E-state index in [9.17, 15) is 9.35 Å². The summed E-state index contributed by atoms with van der Waals surface area (Å²) in [6, 6.07) is 5.28. The Labute approximate surface area is 195 Å².